The number of hydrogen-bond acceptors (Lipinski definition) is 3. The zero-order chi connectivity index (χ0) is 14.5. The molecule has 1 aromatic carbocycles. The molecule has 1 N–H and O–H groups in total. The Morgan fingerprint density at radius 3 is 2.71 bits per heavy atom. The van der Waals surface area contributed by atoms with E-state index in [1.165, 1.54) is 17.7 Å². The minimum atomic E-state index is 0.0655. The van der Waals surface area contributed by atoms with Gasteiger partial charge in [0.05, 0.1) is 19.2 Å². The smallest absolute Gasteiger partial charge is 0.224 e. The molecule has 0 spiro atoms. The van der Waals surface area contributed by atoms with E-state index in [1.54, 1.807) is 6.26 Å². The summed E-state index contributed by atoms with van der Waals surface area (Å²) in [6, 6.07) is 8.37. The lowest BCUT2D eigenvalue weighted by atomic mass is 10.1. The zero-order valence-corrected chi connectivity index (χ0v) is 12.9. The quantitative estimate of drug-likeness (QED) is 0.876. The van der Waals surface area contributed by atoms with Gasteiger partial charge >= 0.3 is 0 Å². The molecule has 0 aromatic heterocycles. The molecular weight excluding hydrogens is 282 g/mol. The lowest BCUT2D eigenvalue weighted by Crippen LogP contribution is -2.34. The predicted octanol–water partition coefficient (Wildman–Crippen LogP) is 3.29. The maximum atomic E-state index is 11.9. The van der Waals surface area contributed by atoms with Gasteiger partial charge in [-0.3, -0.25) is 4.79 Å². The Morgan fingerprint density at radius 1 is 1.24 bits per heavy atom. The van der Waals surface area contributed by atoms with Crippen LogP contribution in [-0.2, 0) is 16.0 Å². The van der Waals surface area contributed by atoms with Gasteiger partial charge in [0.2, 0.25) is 5.91 Å². The fraction of sp³-hybridized carbons (Fsp3) is 0.471. The van der Waals surface area contributed by atoms with Gasteiger partial charge in [-0.25, -0.2) is 0 Å². The molecule has 1 heterocycles. The third-order valence-electron chi connectivity index (χ3n) is 3.66. The minimum absolute atomic E-state index is 0.0655. The van der Waals surface area contributed by atoms with Crippen LogP contribution in [0.3, 0.4) is 0 Å². The van der Waals surface area contributed by atoms with Crippen molar-refractivity contribution in [2.24, 2.45) is 0 Å². The second kappa shape index (κ2) is 7.03. The van der Waals surface area contributed by atoms with Crippen LogP contribution in [0.1, 0.15) is 31.2 Å². The highest BCUT2D eigenvalue weighted by Crippen LogP contribution is 2.38. The molecule has 1 amide bonds. The fourth-order valence-corrected chi connectivity index (χ4v) is 3.32. The van der Waals surface area contributed by atoms with E-state index in [0.29, 0.717) is 13.0 Å². The normalized spacial score (nSPS) is 20.9. The Bertz CT molecular complexity index is 508. The number of benzene rings is 1. The molecule has 1 aliphatic carbocycles. The SMILES string of the molecule is O=C(Cc1ccc(SC2CC2)cc1)NCC1CCC=CO1. The standard InChI is InChI=1S/C17H21NO2S/c19-17(18-12-14-3-1-2-10-20-14)11-13-4-6-15(7-5-13)21-16-8-9-16/h2,4-7,10,14,16H,1,3,8-9,11-12H2,(H,18,19). The van der Waals surface area contributed by atoms with E-state index >= 15 is 0 Å². The number of rotatable bonds is 6. The second-order valence-corrected chi connectivity index (χ2v) is 7.02. The molecule has 1 atom stereocenters. The summed E-state index contributed by atoms with van der Waals surface area (Å²) < 4.78 is 5.44. The maximum Gasteiger partial charge on any atom is 0.224 e. The molecule has 0 radical (unpaired) electrons. The van der Waals surface area contributed by atoms with E-state index in [2.05, 4.69) is 29.6 Å². The molecule has 1 unspecified atom stereocenters. The van der Waals surface area contributed by atoms with E-state index < -0.39 is 0 Å². The van der Waals surface area contributed by atoms with Crippen molar-refractivity contribution in [3.63, 3.8) is 0 Å². The first-order chi connectivity index (χ1) is 10.3. The Kier molecular flexibility index (Phi) is 4.86. The van der Waals surface area contributed by atoms with E-state index in [0.717, 1.165) is 23.7 Å². The molecule has 2 aliphatic rings. The van der Waals surface area contributed by atoms with E-state index in [-0.39, 0.29) is 12.0 Å². The summed E-state index contributed by atoms with van der Waals surface area (Å²) in [5.41, 5.74) is 1.07. The molecule has 0 bridgehead atoms. The topological polar surface area (TPSA) is 38.3 Å². The lowest BCUT2D eigenvalue weighted by Gasteiger charge is -2.19. The summed E-state index contributed by atoms with van der Waals surface area (Å²) in [4.78, 5) is 13.2. The van der Waals surface area contributed by atoms with Crippen molar-refractivity contribution < 1.29 is 9.53 Å². The second-order valence-electron chi connectivity index (χ2n) is 5.65. The predicted molar refractivity (Wildman–Crippen MR) is 85.3 cm³/mol. The van der Waals surface area contributed by atoms with Gasteiger partial charge in [-0.1, -0.05) is 12.1 Å². The van der Waals surface area contributed by atoms with Crippen LogP contribution >= 0.6 is 11.8 Å². The minimum Gasteiger partial charge on any atom is -0.497 e. The summed E-state index contributed by atoms with van der Waals surface area (Å²) >= 11 is 1.94. The van der Waals surface area contributed by atoms with Crippen molar-refractivity contribution in [3.05, 3.63) is 42.2 Å². The number of thioether (sulfide) groups is 1. The first-order valence-electron chi connectivity index (χ1n) is 7.62. The molecule has 21 heavy (non-hydrogen) atoms. The molecule has 1 fully saturated rings. The van der Waals surface area contributed by atoms with Crippen LogP contribution in [0.2, 0.25) is 0 Å². The number of allylic oxidation sites excluding steroid dienone is 1. The average molecular weight is 303 g/mol. The van der Waals surface area contributed by atoms with Crippen molar-refractivity contribution in [1.82, 2.24) is 5.32 Å². The fourth-order valence-electron chi connectivity index (χ4n) is 2.27. The van der Waals surface area contributed by atoms with Crippen molar-refractivity contribution in [1.29, 1.82) is 0 Å². The highest BCUT2D eigenvalue weighted by molar-refractivity contribution is 8.00. The van der Waals surface area contributed by atoms with Crippen LogP contribution in [0.4, 0.5) is 0 Å². The largest absolute Gasteiger partial charge is 0.497 e. The molecule has 3 rings (SSSR count). The Balaban J connectivity index is 1.42. The third-order valence-corrected chi connectivity index (χ3v) is 5.01. The Hall–Kier alpha value is -1.42. The first kappa shape index (κ1) is 14.5. The van der Waals surface area contributed by atoms with Gasteiger partial charge in [-0.2, -0.15) is 0 Å². The Labute approximate surface area is 130 Å². The highest BCUT2D eigenvalue weighted by Gasteiger charge is 2.22. The molecule has 4 heteroatoms. The highest BCUT2D eigenvalue weighted by atomic mass is 32.2. The van der Waals surface area contributed by atoms with Crippen molar-refractivity contribution in [3.8, 4) is 0 Å². The summed E-state index contributed by atoms with van der Waals surface area (Å²) in [6.45, 7) is 0.596. The first-order valence-corrected chi connectivity index (χ1v) is 8.50. The van der Waals surface area contributed by atoms with Crippen LogP contribution < -0.4 is 5.32 Å². The van der Waals surface area contributed by atoms with Gasteiger partial charge in [0.1, 0.15) is 6.10 Å². The van der Waals surface area contributed by atoms with Crippen LogP contribution in [0.15, 0.2) is 41.5 Å². The summed E-state index contributed by atoms with van der Waals surface area (Å²) in [5.74, 6) is 0.0655. The number of nitrogens with one attached hydrogen (secondary N) is 1. The molecule has 1 aliphatic heterocycles. The van der Waals surface area contributed by atoms with E-state index in [1.807, 2.05) is 17.8 Å². The lowest BCUT2D eigenvalue weighted by molar-refractivity contribution is -0.120. The van der Waals surface area contributed by atoms with Crippen molar-refractivity contribution in [2.45, 2.75) is 48.4 Å². The van der Waals surface area contributed by atoms with Gasteiger partial charge < -0.3 is 10.1 Å². The number of hydrogen-bond donors (Lipinski definition) is 1. The molecule has 3 nitrogen and oxygen atoms in total. The summed E-state index contributed by atoms with van der Waals surface area (Å²) in [5, 5.41) is 3.78. The monoisotopic (exact) mass is 303 g/mol. The zero-order valence-electron chi connectivity index (χ0n) is 12.1. The average Bonchev–Trinajstić information content (AvgIpc) is 3.32. The van der Waals surface area contributed by atoms with Crippen LogP contribution in [0, 0.1) is 0 Å². The Morgan fingerprint density at radius 2 is 2.05 bits per heavy atom. The van der Waals surface area contributed by atoms with E-state index in [9.17, 15) is 4.79 Å². The number of amides is 1. The molecule has 0 saturated heterocycles. The van der Waals surface area contributed by atoms with Crippen molar-refractivity contribution >= 4 is 17.7 Å². The van der Waals surface area contributed by atoms with Gasteiger partial charge in [0.15, 0.2) is 0 Å². The molecule has 112 valence electrons. The summed E-state index contributed by atoms with van der Waals surface area (Å²) in [6.07, 6.45) is 8.99. The molecule has 1 saturated carbocycles. The van der Waals surface area contributed by atoms with E-state index in [4.69, 9.17) is 4.74 Å². The van der Waals surface area contributed by atoms with Crippen LogP contribution in [-0.4, -0.2) is 23.8 Å². The van der Waals surface area contributed by atoms with Gasteiger partial charge in [-0.15, -0.1) is 11.8 Å². The van der Waals surface area contributed by atoms with Crippen LogP contribution in [0.25, 0.3) is 0 Å². The van der Waals surface area contributed by atoms with Crippen molar-refractivity contribution in [2.75, 3.05) is 6.54 Å². The van der Waals surface area contributed by atoms with Gasteiger partial charge in [0.25, 0.3) is 0 Å². The molecular formula is C17H21NO2S. The number of carbonyl (C=O) groups excluding carboxylic acids is 1. The van der Waals surface area contributed by atoms with Gasteiger partial charge in [0, 0.05) is 10.1 Å². The van der Waals surface area contributed by atoms with Crippen LogP contribution in [0.5, 0.6) is 0 Å². The summed E-state index contributed by atoms with van der Waals surface area (Å²) in [7, 11) is 0. The third kappa shape index (κ3) is 4.81. The number of carbonyl (C=O) groups is 1. The molecule has 1 aromatic rings. The van der Waals surface area contributed by atoms with Gasteiger partial charge in [-0.05, 0) is 49.5 Å². The number of ether oxygens (including phenoxy) is 1. The maximum absolute atomic E-state index is 11.9.